The summed E-state index contributed by atoms with van der Waals surface area (Å²) in [7, 11) is 0. The number of aryl methyl sites for hydroxylation is 1. The highest BCUT2D eigenvalue weighted by atomic mass is 35.5. The molecule has 0 bridgehead atoms. The third-order valence-electron chi connectivity index (χ3n) is 9.24. The number of aromatic nitrogens is 4. The van der Waals surface area contributed by atoms with Crippen molar-refractivity contribution in [3.05, 3.63) is 122 Å². The lowest BCUT2D eigenvalue weighted by Crippen LogP contribution is -2.26. The number of nitrogens with zero attached hydrogens (tertiary/aromatic N) is 5. The second-order valence-electron chi connectivity index (χ2n) is 12.0. The molecule has 11 heteroatoms. The highest BCUT2D eigenvalue weighted by Gasteiger charge is 2.55. The number of alkyl halides is 3. The summed E-state index contributed by atoms with van der Waals surface area (Å²) in [4.78, 5) is 18.0. The molecule has 1 saturated carbocycles. The Hall–Kier alpha value is -4.31. The summed E-state index contributed by atoms with van der Waals surface area (Å²) in [5.74, 6) is -0.389. The minimum atomic E-state index is -4.66. The molecule has 0 saturated heterocycles. The number of hydrogen-bond acceptors (Lipinski definition) is 4. The third-order valence-corrected chi connectivity index (χ3v) is 9.48. The molecule has 6 nitrogen and oxygen atoms in total. The van der Waals surface area contributed by atoms with Crippen molar-refractivity contribution in [1.29, 1.82) is 0 Å². The highest BCUT2D eigenvalue weighted by Crippen LogP contribution is 2.62. The first-order valence-electron chi connectivity index (χ1n) is 14.4. The largest absolute Gasteiger partial charge is 0.436 e. The van der Waals surface area contributed by atoms with Gasteiger partial charge in [0.25, 0.3) is 5.56 Å². The van der Waals surface area contributed by atoms with E-state index in [0.29, 0.717) is 39.5 Å². The van der Waals surface area contributed by atoms with E-state index in [0.717, 1.165) is 47.8 Å². The van der Waals surface area contributed by atoms with E-state index < -0.39 is 23.9 Å². The van der Waals surface area contributed by atoms with Crippen LogP contribution in [0.1, 0.15) is 59.3 Å². The zero-order chi connectivity index (χ0) is 30.5. The summed E-state index contributed by atoms with van der Waals surface area (Å²) in [5, 5.41) is 7.28. The van der Waals surface area contributed by atoms with E-state index in [1.165, 1.54) is 34.9 Å². The van der Waals surface area contributed by atoms with Crippen molar-refractivity contribution >= 4 is 17.3 Å². The van der Waals surface area contributed by atoms with Gasteiger partial charge in [-0.15, -0.1) is 5.10 Å². The second-order valence-corrected chi connectivity index (χ2v) is 12.4. The summed E-state index contributed by atoms with van der Waals surface area (Å²) in [6.45, 7) is 4.11. The molecular weight excluding hydrogens is 594 g/mol. The van der Waals surface area contributed by atoms with Crippen molar-refractivity contribution in [3.63, 3.8) is 0 Å². The number of allylic oxidation sites excluding steroid dienone is 2. The van der Waals surface area contributed by atoms with Crippen molar-refractivity contribution < 1.29 is 17.6 Å². The van der Waals surface area contributed by atoms with Crippen LogP contribution in [0, 0.1) is 5.92 Å². The SMILES string of the molecule is C=C1CCc2cc(C3=NC(F)=C(C4C5CC5c5cc(-c6cc(Cl)ccc6-n6cc(C(F)(F)F)nn6)cc(=O)n54)C3)ccc2C1. The zero-order valence-electron chi connectivity index (χ0n) is 23.2. The van der Waals surface area contributed by atoms with Gasteiger partial charge in [-0.1, -0.05) is 41.1 Å². The van der Waals surface area contributed by atoms with Gasteiger partial charge < -0.3 is 4.57 Å². The number of benzene rings is 2. The maximum atomic E-state index is 15.6. The minimum Gasteiger partial charge on any atom is -0.305 e. The van der Waals surface area contributed by atoms with E-state index in [4.69, 9.17) is 11.6 Å². The van der Waals surface area contributed by atoms with E-state index in [-0.39, 0.29) is 17.4 Å². The van der Waals surface area contributed by atoms with Crippen LogP contribution in [-0.2, 0) is 19.0 Å². The first-order valence-corrected chi connectivity index (χ1v) is 14.7. The maximum absolute atomic E-state index is 15.6. The van der Waals surface area contributed by atoms with Crippen LogP contribution in [0.4, 0.5) is 17.6 Å². The number of fused-ring (bicyclic) bond motifs is 4. The average Bonchev–Trinajstić information content (AvgIpc) is 3.28. The molecule has 4 aromatic rings. The van der Waals surface area contributed by atoms with Gasteiger partial charge in [0.1, 0.15) is 0 Å². The number of halogens is 5. The summed E-state index contributed by atoms with van der Waals surface area (Å²) in [6, 6.07) is 13.7. The Balaban J connectivity index is 1.13. The van der Waals surface area contributed by atoms with E-state index >= 15 is 4.39 Å². The molecule has 0 N–H and O–H groups in total. The van der Waals surface area contributed by atoms with Crippen molar-refractivity contribution in [1.82, 2.24) is 19.6 Å². The van der Waals surface area contributed by atoms with Gasteiger partial charge in [-0.2, -0.15) is 17.6 Å². The first-order chi connectivity index (χ1) is 21.0. The number of aliphatic imine (C=N–C) groups is 1. The van der Waals surface area contributed by atoms with Crippen LogP contribution >= 0.6 is 11.6 Å². The molecule has 0 spiro atoms. The summed E-state index contributed by atoms with van der Waals surface area (Å²) in [6.07, 6.45) is -0.0184. The Morgan fingerprint density at radius 2 is 1.82 bits per heavy atom. The minimum absolute atomic E-state index is 0.0691. The normalized spacial score (nSPS) is 22.2. The van der Waals surface area contributed by atoms with Crippen molar-refractivity contribution in [2.75, 3.05) is 0 Å². The van der Waals surface area contributed by atoms with Crippen LogP contribution in [0.15, 0.2) is 88.2 Å². The molecule has 0 radical (unpaired) electrons. The zero-order valence-corrected chi connectivity index (χ0v) is 24.0. The Morgan fingerprint density at radius 1 is 0.977 bits per heavy atom. The topological polar surface area (TPSA) is 65.1 Å². The fourth-order valence-electron chi connectivity index (χ4n) is 7.06. The quantitative estimate of drug-likeness (QED) is 0.135. The molecule has 44 heavy (non-hydrogen) atoms. The lowest BCUT2D eigenvalue weighted by Gasteiger charge is -2.21. The molecule has 3 unspecified atom stereocenters. The van der Waals surface area contributed by atoms with Crippen LogP contribution in [0.2, 0.25) is 5.02 Å². The Morgan fingerprint density at radius 3 is 2.61 bits per heavy atom. The molecule has 2 aliphatic heterocycles. The van der Waals surface area contributed by atoms with E-state index in [1.54, 1.807) is 10.6 Å². The molecule has 3 atom stereocenters. The van der Waals surface area contributed by atoms with Gasteiger partial charge in [0, 0.05) is 40.3 Å². The van der Waals surface area contributed by atoms with Crippen molar-refractivity contribution in [2.24, 2.45) is 10.9 Å². The van der Waals surface area contributed by atoms with Gasteiger partial charge in [-0.3, -0.25) is 4.79 Å². The Kier molecular flexibility index (Phi) is 5.94. The number of pyridine rings is 1. The predicted molar refractivity (Wildman–Crippen MR) is 158 cm³/mol. The lowest BCUT2D eigenvalue weighted by molar-refractivity contribution is -0.141. The van der Waals surface area contributed by atoms with Gasteiger partial charge in [-0.05, 0) is 84.2 Å². The van der Waals surface area contributed by atoms with Crippen LogP contribution < -0.4 is 5.56 Å². The van der Waals surface area contributed by atoms with Crippen molar-refractivity contribution in [2.45, 2.75) is 50.2 Å². The molecule has 2 aromatic heterocycles. The van der Waals surface area contributed by atoms with Gasteiger partial charge in [0.05, 0.1) is 23.6 Å². The van der Waals surface area contributed by atoms with Crippen LogP contribution in [-0.4, -0.2) is 25.3 Å². The molecular formula is C33H24ClF4N5O. The lowest BCUT2D eigenvalue weighted by atomic mass is 9.86. The van der Waals surface area contributed by atoms with Crippen LogP contribution in [0.3, 0.4) is 0 Å². The summed E-state index contributed by atoms with van der Waals surface area (Å²) < 4.78 is 57.9. The smallest absolute Gasteiger partial charge is 0.305 e. The number of hydrogen-bond donors (Lipinski definition) is 0. The van der Waals surface area contributed by atoms with Gasteiger partial charge in [-0.25, -0.2) is 9.67 Å². The van der Waals surface area contributed by atoms with E-state index in [2.05, 4.69) is 34.0 Å². The molecule has 1 fully saturated rings. The van der Waals surface area contributed by atoms with Gasteiger partial charge >= 0.3 is 6.18 Å². The predicted octanol–water partition coefficient (Wildman–Crippen LogP) is 7.55. The van der Waals surface area contributed by atoms with Gasteiger partial charge in [0.15, 0.2) is 5.69 Å². The maximum Gasteiger partial charge on any atom is 0.436 e. The van der Waals surface area contributed by atoms with E-state index in [9.17, 15) is 18.0 Å². The molecule has 4 aliphatic rings. The first kappa shape index (κ1) is 27.3. The standard InChI is InChI=1S/C33H24ClF4N5O/c1-16-2-3-18-9-19(5-4-17(18)8-16)26-14-25(32(35)39-26)31-24-13-23(24)28-10-20(11-30(44)43(28)31)22-12-21(34)6-7-27(22)42-15-29(40-41-42)33(36,37)38/h4-7,9-12,15,23-24,31H,1-3,8,13-14H2. The molecule has 2 aliphatic carbocycles. The molecule has 222 valence electrons. The Labute approximate surface area is 254 Å². The summed E-state index contributed by atoms with van der Waals surface area (Å²) >= 11 is 6.29. The monoisotopic (exact) mass is 617 g/mol. The van der Waals surface area contributed by atoms with Gasteiger partial charge in [0.2, 0.25) is 5.95 Å². The highest BCUT2D eigenvalue weighted by molar-refractivity contribution is 6.31. The fourth-order valence-corrected chi connectivity index (χ4v) is 7.23. The van der Waals surface area contributed by atoms with Crippen molar-refractivity contribution in [3.8, 4) is 16.8 Å². The molecule has 2 aromatic carbocycles. The molecule has 0 amide bonds. The van der Waals surface area contributed by atoms with Crippen LogP contribution in [0.25, 0.3) is 16.8 Å². The molecule has 4 heterocycles. The summed E-state index contributed by atoms with van der Waals surface area (Å²) in [5.41, 5.74) is 6.30. The second kappa shape index (κ2) is 9.59. The average molecular weight is 618 g/mol. The molecule has 8 rings (SSSR count). The van der Waals surface area contributed by atoms with E-state index in [1.807, 2.05) is 12.1 Å². The number of rotatable bonds is 4. The van der Waals surface area contributed by atoms with Crippen LogP contribution in [0.5, 0.6) is 0 Å². The third kappa shape index (κ3) is 4.37. The fraction of sp³-hybridized carbons (Fsp3) is 0.273. The Bertz CT molecular complexity index is 2040.